The third-order valence-corrected chi connectivity index (χ3v) is 19.6. The van der Waals surface area contributed by atoms with E-state index in [4.69, 9.17) is 44.9 Å². The fourth-order valence-corrected chi connectivity index (χ4v) is 13.4. The van der Waals surface area contributed by atoms with E-state index in [0.29, 0.717) is 119 Å². The zero-order valence-electron chi connectivity index (χ0n) is 69.7. The van der Waals surface area contributed by atoms with Crippen LogP contribution in [-0.2, 0) is 47.3 Å². The largest absolute Gasteiger partial charge is 0.496 e. The highest BCUT2D eigenvalue weighted by Gasteiger charge is 2.36. The number of carbonyl (C=O) groups excluding carboxylic acids is 3. The van der Waals surface area contributed by atoms with Gasteiger partial charge in [0.2, 0.25) is 0 Å². The quantitative estimate of drug-likeness (QED) is 0.0162. The molecule has 9 N–H and O–H groups in total. The molecule has 0 aliphatic heterocycles. The maximum Gasteiger partial charge on any atom is 0.416 e. The first-order valence-electron chi connectivity index (χ1n) is 38.2. The van der Waals surface area contributed by atoms with Crippen LogP contribution in [0, 0.1) is 0 Å². The molecule has 13 rings (SSSR count). The topological polar surface area (TPSA) is 275 Å². The fraction of sp³-hybridized carbons (Fsp3) is 0.267. The number of nitrogens with two attached hydrogens (primary N) is 2. The van der Waals surface area contributed by atoms with Gasteiger partial charge in [-0.3, -0.25) is 4.79 Å². The molecule has 21 nitrogen and oxygen atoms in total. The molecule has 0 atom stereocenters. The number of ether oxygens (including phenoxy) is 6. The number of benzene rings is 10. The lowest BCUT2D eigenvalue weighted by atomic mass is 9.99. The van der Waals surface area contributed by atoms with Gasteiger partial charge in [-0.05, 0) is 212 Å². The van der Waals surface area contributed by atoms with E-state index < -0.39 is 70.3 Å². The number of hydrogen-bond donors (Lipinski definition) is 7. The van der Waals surface area contributed by atoms with Crippen molar-refractivity contribution in [3.63, 3.8) is 0 Å². The Kier molecular flexibility index (Phi) is 32.0. The van der Waals surface area contributed by atoms with Gasteiger partial charge in [0.1, 0.15) is 57.2 Å². The number of carbonyl (C=O) groups is 3. The molecule has 13 aromatic rings. The fourth-order valence-electron chi connectivity index (χ4n) is 12.3. The van der Waals surface area contributed by atoms with E-state index in [0.717, 1.165) is 67.4 Å². The smallest absolute Gasteiger partial charge is 0.416 e. The third kappa shape index (κ3) is 26.1. The number of halogens is 14. The Bertz CT molecular complexity index is 5880. The van der Waals surface area contributed by atoms with Gasteiger partial charge in [0.15, 0.2) is 6.29 Å². The number of H-pyrrole nitrogens is 3. The summed E-state index contributed by atoms with van der Waals surface area (Å²) in [6, 6.07) is 51.2. The van der Waals surface area contributed by atoms with Gasteiger partial charge >= 0.3 is 36.9 Å². The highest BCUT2D eigenvalue weighted by atomic mass is 79.9. The molecule has 662 valence electrons. The van der Waals surface area contributed by atoms with Gasteiger partial charge in [0.25, 0.3) is 0 Å². The normalized spacial score (nSPS) is 11.7. The standard InChI is InChI=1S/C35H41F3N4O5.C25H25F3N4O.C15H10BrF3N2O.C8H8O2.C7H6BrF3N2/c1-33(2,3)46-31(43)41(7)16-17-42(32(44)47-34(4,5)6)21-22-12-11-13-23(18-22)26-19-24(35(36,37)38)20-27-29(26)40-30(39-27)25-14-9-10-15-28(25)45-8;1-29-10-11-30-15-16-6-5-7-17(12-16)20-13-18(25(26,27)28)14-21-23(20)32-24(31-21)19-8-3-4-9-22(19)33-2;1-22-12-5-3-2-4-9(12)14-20-11-7-8(15(17,18)19)6-10(16)13(11)21-14;1-10-8-5-3-2-4-7(8)6-9;8-4-1-3(7(9,10)11)2-5(12)6(4)13/h9-15,18-20H,16-17,21H2,1-8H3,(H,39,40);3-9,12-14,29-30H,10-11,15H2,1-2H3,(H,31,32);2-7H,1H3,(H,20,21);2-6H,1H3;1-2H,12-13H2. The summed E-state index contributed by atoms with van der Waals surface area (Å²) in [5, 5.41) is 6.38. The summed E-state index contributed by atoms with van der Waals surface area (Å²) < 4.78 is 191. The number of aromatic nitrogens is 6. The van der Waals surface area contributed by atoms with Gasteiger partial charge in [0.05, 0.1) is 112 Å². The van der Waals surface area contributed by atoms with Crippen molar-refractivity contribution in [1.82, 2.24) is 50.3 Å². The van der Waals surface area contributed by atoms with Crippen LogP contribution in [0.5, 0.6) is 23.0 Å². The van der Waals surface area contributed by atoms with Crippen molar-refractivity contribution < 1.29 is 95.5 Å². The molecule has 3 heterocycles. The van der Waals surface area contributed by atoms with E-state index in [2.05, 4.69) is 67.4 Å². The van der Waals surface area contributed by atoms with Crippen LogP contribution < -0.4 is 41.0 Å². The van der Waals surface area contributed by atoms with E-state index in [1.807, 2.05) is 61.6 Å². The number of likely N-dealkylation sites (N-methyl/N-ethyl adjacent to an activating group) is 2. The van der Waals surface area contributed by atoms with Crippen molar-refractivity contribution in [2.24, 2.45) is 0 Å². The molecule has 2 amide bonds. The molecule has 0 fully saturated rings. The molecule has 0 saturated carbocycles. The second-order valence-corrected chi connectivity index (χ2v) is 31.6. The number of para-hydroxylation sites is 4. The lowest BCUT2D eigenvalue weighted by Gasteiger charge is -2.30. The summed E-state index contributed by atoms with van der Waals surface area (Å²) in [5.74, 6) is 3.58. The maximum atomic E-state index is 14.1. The van der Waals surface area contributed by atoms with E-state index in [9.17, 15) is 67.1 Å². The number of methoxy groups -OCH3 is 4. The number of nitrogen functional groups attached to an aromatic ring is 2. The predicted octanol–water partition coefficient (Wildman–Crippen LogP) is 22.9. The number of imidazole rings is 3. The monoisotopic (exact) mass is 1870 g/mol. The van der Waals surface area contributed by atoms with Crippen LogP contribution in [0.3, 0.4) is 0 Å². The third-order valence-electron chi connectivity index (χ3n) is 18.3. The van der Waals surface area contributed by atoms with Crippen LogP contribution in [0.25, 0.3) is 89.5 Å². The molecular formula is C90H90Br2F12N12O9. The Morgan fingerprint density at radius 1 is 0.448 bits per heavy atom. The first kappa shape index (κ1) is 96.5. The average molecular weight is 1870 g/mol. The molecule has 35 heteroatoms. The SMILES string of the molecule is CNCCNCc1cccc(-c2cc(C(F)(F)F)cc3[nH]c(-c4ccccc4OC)nc23)c1.COc1ccccc1-c1nc2c(-c3cccc(CN(CCN(C)C(=O)OC(C)(C)C)C(=O)OC(C)(C)C)c3)cc(C(F)(F)F)cc2[nH]1.COc1ccccc1-c1nc2c(Br)cc(C(F)(F)F)cc2[nH]1.COc1ccccc1C=O.Nc1cc(C(F)(F)F)cc(Br)c1N. The van der Waals surface area contributed by atoms with Gasteiger partial charge in [-0.1, -0.05) is 84.9 Å². The van der Waals surface area contributed by atoms with Crippen LogP contribution in [0.1, 0.15) is 85.3 Å². The van der Waals surface area contributed by atoms with Gasteiger partial charge in [0, 0.05) is 66.4 Å². The Labute approximate surface area is 728 Å². The Morgan fingerprint density at radius 2 is 0.832 bits per heavy atom. The molecule has 3 aromatic heterocycles. The van der Waals surface area contributed by atoms with Crippen molar-refractivity contribution in [2.75, 3.05) is 80.2 Å². The van der Waals surface area contributed by atoms with Crippen molar-refractivity contribution in [3.8, 4) is 79.4 Å². The molecule has 0 bridgehead atoms. The molecule has 0 aliphatic rings. The van der Waals surface area contributed by atoms with E-state index >= 15 is 0 Å². The average Bonchev–Trinajstić information content (AvgIpc) is 1.65. The number of alkyl halides is 12. The predicted molar refractivity (Wildman–Crippen MR) is 465 cm³/mol. The molecule has 0 radical (unpaired) electrons. The lowest BCUT2D eigenvalue weighted by molar-refractivity contribution is -0.138. The summed E-state index contributed by atoms with van der Waals surface area (Å²) in [5.41, 5.74) is 14.2. The Morgan fingerprint density at radius 3 is 1.25 bits per heavy atom. The van der Waals surface area contributed by atoms with Crippen LogP contribution in [-0.4, -0.2) is 138 Å². The van der Waals surface area contributed by atoms with Crippen LogP contribution >= 0.6 is 31.9 Å². The molecule has 0 spiro atoms. The number of aromatic amines is 3. The van der Waals surface area contributed by atoms with Gasteiger partial charge in [-0.15, -0.1) is 0 Å². The molecular weight excluding hydrogens is 1780 g/mol. The number of nitrogens with one attached hydrogen (secondary N) is 5. The molecule has 0 aliphatic carbocycles. The minimum Gasteiger partial charge on any atom is -0.496 e. The number of fused-ring (bicyclic) bond motifs is 3. The van der Waals surface area contributed by atoms with Gasteiger partial charge in [-0.25, -0.2) is 24.5 Å². The van der Waals surface area contributed by atoms with E-state index in [-0.39, 0.29) is 51.0 Å². The highest BCUT2D eigenvalue weighted by Crippen LogP contribution is 2.44. The number of hydrogen-bond acceptors (Lipinski definition) is 16. The van der Waals surface area contributed by atoms with Gasteiger partial charge < -0.3 is 75.3 Å². The number of anilines is 2. The van der Waals surface area contributed by atoms with Crippen molar-refractivity contribution in [2.45, 2.75) is 90.5 Å². The second-order valence-electron chi connectivity index (χ2n) is 29.8. The summed E-state index contributed by atoms with van der Waals surface area (Å²) in [4.78, 5) is 61.7. The van der Waals surface area contributed by atoms with E-state index in [1.165, 1.54) is 30.1 Å². The van der Waals surface area contributed by atoms with E-state index in [1.54, 1.807) is 154 Å². The second kappa shape index (κ2) is 41.4. The molecule has 0 unspecified atom stereocenters. The summed E-state index contributed by atoms with van der Waals surface area (Å²) >= 11 is 6.03. The Hall–Kier alpha value is -12.3. The molecule has 125 heavy (non-hydrogen) atoms. The van der Waals surface area contributed by atoms with Crippen molar-refractivity contribution in [3.05, 3.63) is 242 Å². The van der Waals surface area contributed by atoms with Gasteiger partial charge in [-0.2, -0.15) is 52.7 Å². The first-order valence-corrected chi connectivity index (χ1v) is 39.8. The maximum absolute atomic E-state index is 14.1. The minimum absolute atomic E-state index is 0.0695. The number of amides is 2. The zero-order chi connectivity index (χ0) is 91.7. The van der Waals surface area contributed by atoms with Crippen LogP contribution in [0.2, 0.25) is 0 Å². The van der Waals surface area contributed by atoms with Crippen LogP contribution in [0.4, 0.5) is 73.6 Å². The summed E-state index contributed by atoms with van der Waals surface area (Å²) in [7, 11) is 9.58. The lowest BCUT2D eigenvalue weighted by Crippen LogP contribution is -2.42. The minimum atomic E-state index is -4.61. The Balaban J connectivity index is 0.000000195. The zero-order valence-corrected chi connectivity index (χ0v) is 72.8. The molecule has 10 aromatic carbocycles. The number of rotatable bonds is 20. The van der Waals surface area contributed by atoms with Crippen molar-refractivity contribution in [1.29, 1.82) is 0 Å². The summed E-state index contributed by atoms with van der Waals surface area (Å²) in [6.07, 6.45) is -18.3. The number of nitrogens with zero attached hydrogens (tertiary/aromatic N) is 5. The summed E-state index contributed by atoms with van der Waals surface area (Å²) in [6.45, 7) is 13.1. The van der Waals surface area contributed by atoms with Crippen molar-refractivity contribution >= 4 is 94.8 Å². The number of aldehydes is 1. The molecule has 0 saturated heterocycles. The first-order chi connectivity index (χ1) is 58.8. The highest BCUT2D eigenvalue weighted by molar-refractivity contribution is 9.11. The van der Waals surface area contributed by atoms with Crippen LogP contribution in [0.15, 0.2) is 203 Å².